The Bertz CT molecular complexity index is 651. The maximum Gasteiger partial charge on any atom is 0.154 e. The van der Waals surface area contributed by atoms with Gasteiger partial charge in [-0.1, -0.05) is 42.8 Å². The van der Waals surface area contributed by atoms with E-state index < -0.39 is 0 Å². The molecule has 22 heavy (non-hydrogen) atoms. The number of benzene rings is 1. The molecule has 0 saturated carbocycles. The number of hydrogen-bond acceptors (Lipinski definition) is 3. The van der Waals surface area contributed by atoms with Crippen molar-refractivity contribution >= 4 is 5.57 Å². The van der Waals surface area contributed by atoms with Crippen molar-refractivity contribution in [3.63, 3.8) is 0 Å². The van der Waals surface area contributed by atoms with Gasteiger partial charge in [0.2, 0.25) is 0 Å². The monoisotopic (exact) mass is 291 g/mol. The molecule has 2 atom stereocenters. The summed E-state index contributed by atoms with van der Waals surface area (Å²) in [4.78, 5) is 11.6. The van der Waals surface area contributed by atoms with Crippen LogP contribution >= 0.6 is 0 Å². The van der Waals surface area contributed by atoms with E-state index in [0.717, 1.165) is 18.8 Å². The number of hydrogen-bond donors (Lipinski definition) is 0. The van der Waals surface area contributed by atoms with E-state index in [0.29, 0.717) is 12.1 Å². The maximum atomic E-state index is 4.44. The van der Waals surface area contributed by atoms with E-state index in [1.165, 1.54) is 30.4 Å². The molecule has 0 radical (unpaired) electrons. The molecular formula is C19H21N3. The van der Waals surface area contributed by atoms with Gasteiger partial charge in [-0.3, -0.25) is 4.90 Å². The normalized spacial score (nSPS) is 24.8. The summed E-state index contributed by atoms with van der Waals surface area (Å²) < 4.78 is 0. The van der Waals surface area contributed by atoms with Crippen LogP contribution in [-0.4, -0.2) is 27.0 Å². The minimum absolute atomic E-state index is 0.534. The standard InChI is InChI=1S/C19H21N3/c1-2-6-15(7-3-1)14-22-17-8-4-9-18(22)13-16(12-17)19-20-10-5-11-21-19/h1-3,5-7,10-12,17-18H,4,8-9,13-14H2. The molecule has 1 aromatic heterocycles. The molecule has 2 aliphatic rings. The second-order valence-electron chi connectivity index (χ2n) is 6.28. The molecule has 2 unspecified atom stereocenters. The van der Waals surface area contributed by atoms with Crippen LogP contribution in [-0.2, 0) is 6.54 Å². The van der Waals surface area contributed by atoms with Gasteiger partial charge >= 0.3 is 0 Å². The van der Waals surface area contributed by atoms with Crippen LogP contribution in [0.3, 0.4) is 0 Å². The van der Waals surface area contributed by atoms with Gasteiger partial charge in [0, 0.05) is 31.0 Å². The number of nitrogens with zero attached hydrogens (tertiary/aromatic N) is 3. The van der Waals surface area contributed by atoms with E-state index >= 15 is 0 Å². The topological polar surface area (TPSA) is 29.0 Å². The fourth-order valence-electron chi connectivity index (χ4n) is 3.79. The van der Waals surface area contributed by atoms with Crippen LogP contribution in [0.25, 0.3) is 5.57 Å². The summed E-state index contributed by atoms with van der Waals surface area (Å²) in [7, 11) is 0. The molecule has 2 aliphatic heterocycles. The first-order valence-electron chi connectivity index (χ1n) is 8.18. The van der Waals surface area contributed by atoms with Gasteiger partial charge in [-0.05, 0) is 36.5 Å². The van der Waals surface area contributed by atoms with Crippen molar-refractivity contribution in [2.24, 2.45) is 0 Å². The van der Waals surface area contributed by atoms with Crippen LogP contribution in [0.1, 0.15) is 37.1 Å². The molecule has 1 saturated heterocycles. The molecular weight excluding hydrogens is 270 g/mol. The van der Waals surface area contributed by atoms with Gasteiger partial charge in [-0.2, -0.15) is 0 Å². The highest BCUT2D eigenvalue weighted by Crippen LogP contribution is 2.36. The summed E-state index contributed by atoms with van der Waals surface area (Å²) in [5.74, 6) is 0.916. The van der Waals surface area contributed by atoms with Gasteiger partial charge in [-0.25, -0.2) is 9.97 Å². The van der Waals surface area contributed by atoms with Crippen molar-refractivity contribution in [1.82, 2.24) is 14.9 Å². The van der Waals surface area contributed by atoms with Gasteiger partial charge in [0.25, 0.3) is 0 Å². The Balaban J connectivity index is 1.60. The Morgan fingerprint density at radius 2 is 1.82 bits per heavy atom. The van der Waals surface area contributed by atoms with Gasteiger partial charge in [0.05, 0.1) is 0 Å². The average Bonchev–Trinajstić information content (AvgIpc) is 2.56. The van der Waals surface area contributed by atoms with E-state index in [4.69, 9.17) is 0 Å². The van der Waals surface area contributed by atoms with Crippen LogP contribution in [0.4, 0.5) is 0 Å². The minimum atomic E-state index is 0.534. The van der Waals surface area contributed by atoms with E-state index in [1.54, 1.807) is 0 Å². The maximum absolute atomic E-state index is 4.44. The third-order valence-electron chi connectivity index (χ3n) is 4.84. The van der Waals surface area contributed by atoms with Crippen molar-refractivity contribution in [3.8, 4) is 0 Å². The third kappa shape index (κ3) is 2.69. The molecule has 2 bridgehead atoms. The molecule has 112 valence electrons. The quantitative estimate of drug-likeness (QED) is 0.863. The zero-order chi connectivity index (χ0) is 14.8. The average molecular weight is 291 g/mol. The highest BCUT2D eigenvalue weighted by Gasteiger charge is 2.34. The first-order valence-corrected chi connectivity index (χ1v) is 8.18. The van der Waals surface area contributed by atoms with Crippen molar-refractivity contribution < 1.29 is 0 Å². The summed E-state index contributed by atoms with van der Waals surface area (Å²) in [5, 5.41) is 0. The molecule has 1 fully saturated rings. The van der Waals surface area contributed by atoms with E-state index in [1.807, 2.05) is 18.5 Å². The van der Waals surface area contributed by atoms with Crippen LogP contribution in [0.15, 0.2) is 54.9 Å². The molecule has 1 aromatic carbocycles. The first-order chi connectivity index (χ1) is 10.9. The Hall–Kier alpha value is -2.00. The molecule has 3 nitrogen and oxygen atoms in total. The molecule has 0 amide bonds. The zero-order valence-corrected chi connectivity index (χ0v) is 12.7. The van der Waals surface area contributed by atoms with Crippen molar-refractivity contribution in [1.29, 1.82) is 0 Å². The van der Waals surface area contributed by atoms with E-state index in [9.17, 15) is 0 Å². The lowest BCUT2D eigenvalue weighted by atomic mass is 9.84. The third-order valence-corrected chi connectivity index (χ3v) is 4.84. The Kier molecular flexibility index (Phi) is 3.73. The first kappa shape index (κ1) is 13.6. The second-order valence-corrected chi connectivity index (χ2v) is 6.28. The fourth-order valence-corrected chi connectivity index (χ4v) is 3.79. The smallest absolute Gasteiger partial charge is 0.154 e. The lowest BCUT2D eigenvalue weighted by Crippen LogP contribution is -2.47. The molecule has 3 heterocycles. The molecule has 2 aromatic rings. The van der Waals surface area contributed by atoms with Crippen LogP contribution < -0.4 is 0 Å². The van der Waals surface area contributed by atoms with E-state index in [-0.39, 0.29) is 0 Å². The summed E-state index contributed by atoms with van der Waals surface area (Å²) in [6.07, 6.45) is 11.0. The zero-order valence-electron chi connectivity index (χ0n) is 12.7. The molecule has 4 rings (SSSR count). The Morgan fingerprint density at radius 3 is 2.59 bits per heavy atom. The Morgan fingerprint density at radius 1 is 1.00 bits per heavy atom. The largest absolute Gasteiger partial charge is 0.289 e. The van der Waals surface area contributed by atoms with Gasteiger partial charge in [0.15, 0.2) is 5.82 Å². The van der Waals surface area contributed by atoms with Crippen LogP contribution in [0, 0.1) is 0 Å². The summed E-state index contributed by atoms with van der Waals surface area (Å²) in [6.45, 7) is 1.05. The van der Waals surface area contributed by atoms with Gasteiger partial charge < -0.3 is 0 Å². The highest BCUT2D eigenvalue weighted by molar-refractivity contribution is 5.62. The molecule has 0 spiro atoms. The lowest BCUT2D eigenvalue weighted by Gasteiger charge is -2.45. The van der Waals surface area contributed by atoms with Gasteiger partial charge in [-0.15, -0.1) is 0 Å². The molecule has 3 heteroatoms. The number of fused-ring (bicyclic) bond motifs is 2. The summed E-state index contributed by atoms with van der Waals surface area (Å²) in [5.41, 5.74) is 2.74. The van der Waals surface area contributed by atoms with E-state index in [2.05, 4.69) is 51.3 Å². The van der Waals surface area contributed by atoms with Crippen LogP contribution in [0.2, 0.25) is 0 Å². The Labute approximate surface area is 131 Å². The summed E-state index contributed by atoms with van der Waals surface area (Å²) in [6, 6.07) is 13.9. The highest BCUT2D eigenvalue weighted by atomic mass is 15.2. The summed E-state index contributed by atoms with van der Waals surface area (Å²) >= 11 is 0. The van der Waals surface area contributed by atoms with Crippen LogP contribution in [0.5, 0.6) is 0 Å². The lowest BCUT2D eigenvalue weighted by molar-refractivity contribution is 0.0949. The molecule has 0 aliphatic carbocycles. The predicted molar refractivity (Wildman–Crippen MR) is 88.0 cm³/mol. The van der Waals surface area contributed by atoms with Crippen molar-refractivity contribution in [2.45, 2.75) is 44.3 Å². The fraction of sp³-hybridized carbons (Fsp3) is 0.368. The predicted octanol–water partition coefficient (Wildman–Crippen LogP) is 3.69. The van der Waals surface area contributed by atoms with Gasteiger partial charge in [0.1, 0.15) is 0 Å². The minimum Gasteiger partial charge on any atom is -0.289 e. The second kappa shape index (κ2) is 6.01. The molecule has 0 N–H and O–H groups in total. The number of aromatic nitrogens is 2. The van der Waals surface area contributed by atoms with Crippen molar-refractivity contribution in [3.05, 3.63) is 66.3 Å². The number of piperidine rings is 1. The number of rotatable bonds is 3. The van der Waals surface area contributed by atoms with Crippen molar-refractivity contribution in [2.75, 3.05) is 0 Å². The SMILES string of the molecule is C1=C(c2ncccn2)CC2CCCC1N2Cc1ccccc1.